The molecule has 0 saturated carbocycles. The number of aliphatic hydroxyl groups is 1. The summed E-state index contributed by atoms with van der Waals surface area (Å²) < 4.78 is 5.23. The number of hydrogen-bond donors (Lipinski definition) is 4. The first-order chi connectivity index (χ1) is 15.6. The van der Waals surface area contributed by atoms with Gasteiger partial charge in [0, 0.05) is 6.54 Å². The van der Waals surface area contributed by atoms with Crippen LogP contribution in [0.5, 0.6) is 5.75 Å². The molecule has 0 radical (unpaired) electrons. The lowest BCUT2D eigenvalue weighted by Gasteiger charge is -2.19. The zero-order valence-corrected chi connectivity index (χ0v) is 17.8. The molecule has 0 fully saturated rings. The summed E-state index contributed by atoms with van der Waals surface area (Å²) in [6, 6.07) is 23.9. The zero-order valence-electron chi connectivity index (χ0n) is 17.8. The molecule has 32 heavy (non-hydrogen) atoms. The number of methoxy groups -OCH3 is 1. The molecule has 0 aliphatic carbocycles. The lowest BCUT2D eigenvalue weighted by molar-refractivity contribution is 0.172. The second-order valence-electron chi connectivity index (χ2n) is 7.52. The predicted octanol–water partition coefficient (Wildman–Crippen LogP) is 3.89. The molecule has 4 rings (SSSR count). The summed E-state index contributed by atoms with van der Waals surface area (Å²) in [4.78, 5) is 20.6. The van der Waals surface area contributed by atoms with E-state index < -0.39 is 6.10 Å². The number of hydrogen-bond acceptors (Lipinski definition) is 4. The third-order valence-electron chi connectivity index (χ3n) is 5.28. The van der Waals surface area contributed by atoms with Gasteiger partial charge in [0.2, 0.25) is 0 Å². The molecule has 4 N–H and O–H groups in total. The number of rotatable bonds is 8. The minimum Gasteiger partial charge on any atom is -0.497 e. The SMILES string of the molecule is COc1ccc(C[C@@H](NC(=O)NC[C@H](O)c2ccccc2)c2nc3ccccc3[nH]2)cc1. The van der Waals surface area contributed by atoms with Crippen molar-refractivity contribution in [1.29, 1.82) is 0 Å². The number of imidazole rings is 1. The van der Waals surface area contributed by atoms with Gasteiger partial charge in [-0.1, -0.05) is 54.6 Å². The molecule has 2 amide bonds. The molecule has 164 valence electrons. The number of fused-ring (bicyclic) bond motifs is 1. The number of aliphatic hydroxyl groups excluding tert-OH is 1. The lowest BCUT2D eigenvalue weighted by Crippen LogP contribution is -2.40. The van der Waals surface area contributed by atoms with E-state index in [0.29, 0.717) is 12.2 Å². The van der Waals surface area contributed by atoms with Gasteiger partial charge in [0.1, 0.15) is 11.6 Å². The van der Waals surface area contributed by atoms with E-state index in [1.54, 1.807) is 7.11 Å². The number of nitrogens with zero attached hydrogens (tertiary/aromatic N) is 1. The van der Waals surface area contributed by atoms with Crippen LogP contribution in [0.25, 0.3) is 11.0 Å². The fourth-order valence-electron chi connectivity index (χ4n) is 3.54. The number of urea groups is 1. The van der Waals surface area contributed by atoms with Crippen LogP contribution in [0.1, 0.15) is 29.1 Å². The average Bonchev–Trinajstić information content (AvgIpc) is 3.27. The van der Waals surface area contributed by atoms with Gasteiger partial charge in [0.25, 0.3) is 0 Å². The number of aromatic amines is 1. The first-order valence-corrected chi connectivity index (χ1v) is 10.5. The summed E-state index contributed by atoms with van der Waals surface area (Å²) in [5.41, 5.74) is 3.52. The number of aromatic nitrogens is 2. The van der Waals surface area contributed by atoms with Crippen molar-refractivity contribution in [3.63, 3.8) is 0 Å². The van der Waals surface area contributed by atoms with E-state index in [1.165, 1.54) is 0 Å². The Balaban J connectivity index is 1.48. The molecule has 0 saturated heterocycles. The molecule has 0 spiro atoms. The number of benzene rings is 3. The van der Waals surface area contributed by atoms with Gasteiger partial charge in [-0.15, -0.1) is 0 Å². The number of ether oxygens (including phenoxy) is 1. The Bertz CT molecular complexity index is 1130. The summed E-state index contributed by atoms with van der Waals surface area (Å²) >= 11 is 0. The Morgan fingerprint density at radius 3 is 2.47 bits per heavy atom. The smallest absolute Gasteiger partial charge is 0.315 e. The molecular formula is C25H26N4O3. The van der Waals surface area contributed by atoms with E-state index in [4.69, 9.17) is 4.74 Å². The molecule has 3 aromatic carbocycles. The Morgan fingerprint density at radius 1 is 1.03 bits per heavy atom. The normalized spacial score (nSPS) is 12.8. The van der Waals surface area contributed by atoms with Gasteiger partial charge in [-0.2, -0.15) is 0 Å². The number of amides is 2. The molecule has 0 aliphatic rings. The van der Waals surface area contributed by atoms with Crippen molar-refractivity contribution in [3.05, 3.63) is 95.8 Å². The molecule has 1 aromatic heterocycles. The van der Waals surface area contributed by atoms with Gasteiger partial charge in [0.05, 0.1) is 30.3 Å². The van der Waals surface area contributed by atoms with Gasteiger partial charge >= 0.3 is 6.03 Å². The van der Waals surface area contributed by atoms with Crippen molar-refractivity contribution in [2.75, 3.05) is 13.7 Å². The van der Waals surface area contributed by atoms with E-state index in [2.05, 4.69) is 20.6 Å². The Labute approximate surface area is 186 Å². The topological polar surface area (TPSA) is 99.3 Å². The quantitative estimate of drug-likeness (QED) is 0.341. The van der Waals surface area contributed by atoms with Gasteiger partial charge in [-0.05, 0) is 41.8 Å². The fraction of sp³-hybridized carbons (Fsp3) is 0.200. The highest BCUT2D eigenvalue weighted by molar-refractivity contribution is 5.76. The van der Waals surface area contributed by atoms with Crippen LogP contribution in [0, 0.1) is 0 Å². The third kappa shape index (κ3) is 5.25. The largest absolute Gasteiger partial charge is 0.497 e. The first kappa shape index (κ1) is 21.4. The molecule has 0 unspecified atom stereocenters. The van der Waals surface area contributed by atoms with Crippen molar-refractivity contribution in [1.82, 2.24) is 20.6 Å². The molecule has 7 nitrogen and oxygen atoms in total. The number of carbonyl (C=O) groups excluding carboxylic acids is 1. The van der Waals surface area contributed by atoms with Crippen molar-refractivity contribution in [2.45, 2.75) is 18.6 Å². The first-order valence-electron chi connectivity index (χ1n) is 10.5. The summed E-state index contributed by atoms with van der Waals surface area (Å²) in [6.45, 7) is 0.102. The van der Waals surface area contributed by atoms with Gasteiger partial charge < -0.3 is 25.5 Å². The number of carbonyl (C=O) groups is 1. The van der Waals surface area contributed by atoms with Crippen LogP contribution in [0.15, 0.2) is 78.9 Å². The molecular weight excluding hydrogens is 404 g/mol. The van der Waals surface area contributed by atoms with Gasteiger partial charge in [0.15, 0.2) is 0 Å². The van der Waals surface area contributed by atoms with E-state index in [-0.39, 0.29) is 18.6 Å². The van der Waals surface area contributed by atoms with E-state index in [9.17, 15) is 9.90 Å². The second-order valence-corrected chi connectivity index (χ2v) is 7.52. The van der Waals surface area contributed by atoms with Crippen LogP contribution in [-0.4, -0.2) is 34.8 Å². The van der Waals surface area contributed by atoms with Crippen LogP contribution in [0.3, 0.4) is 0 Å². The number of nitrogens with one attached hydrogen (secondary N) is 3. The number of para-hydroxylation sites is 2. The Morgan fingerprint density at radius 2 is 1.75 bits per heavy atom. The monoisotopic (exact) mass is 430 g/mol. The van der Waals surface area contributed by atoms with Crippen LogP contribution in [-0.2, 0) is 6.42 Å². The highest BCUT2D eigenvalue weighted by Gasteiger charge is 2.20. The van der Waals surface area contributed by atoms with E-state index in [0.717, 1.165) is 27.9 Å². The minimum atomic E-state index is -0.784. The lowest BCUT2D eigenvalue weighted by atomic mass is 10.1. The number of H-pyrrole nitrogens is 1. The van der Waals surface area contributed by atoms with Crippen molar-refractivity contribution < 1.29 is 14.6 Å². The Hall–Kier alpha value is -3.84. The van der Waals surface area contributed by atoms with E-state index >= 15 is 0 Å². The molecule has 2 atom stereocenters. The van der Waals surface area contributed by atoms with Gasteiger partial charge in [-0.3, -0.25) is 0 Å². The Kier molecular flexibility index (Phi) is 6.67. The van der Waals surface area contributed by atoms with Crippen LogP contribution < -0.4 is 15.4 Å². The molecule has 0 bridgehead atoms. The maximum absolute atomic E-state index is 12.7. The highest BCUT2D eigenvalue weighted by Crippen LogP contribution is 2.21. The molecule has 0 aliphatic heterocycles. The van der Waals surface area contributed by atoms with Crippen molar-refractivity contribution >= 4 is 17.1 Å². The molecule has 1 heterocycles. The van der Waals surface area contributed by atoms with Crippen molar-refractivity contribution in [2.24, 2.45) is 0 Å². The minimum absolute atomic E-state index is 0.102. The van der Waals surface area contributed by atoms with Gasteiger partial charge in [-0.25, -0.2) is 9.78 Å². The predicted molar refractivity (Wildman–Crippen MR) is 123 cm³/mol. The maximum Gasteiger partial charge on any atom is 0.315 e. The summed E-state index contributed by atoms with van der Waals surface area (Å²) in [6.07, 6.45) is -0.244. The average molecular weight is 431 g/mol. The molecule has 4 aromatic rings. The van der Waals surface area contributed by atoms with Crippen LogP contribution >= 0.6 is 0 Å². The summed E-state index contributed by atoms with van der Waals surface area (Å²) in [7, 11) is 1.63. The summed E-state index contributed by atoms with van der Waals surface area (Å²) in [5.74, 6) is 1.44. The maximum atomic E-state index is 12.7. The van der Waals surface area contributed by atoms with Crippen LogP contribution in [0.4, 0.5) is 4.79 Å². The van der Waals surface area contributed by atoms with Crippen LogP contribution in [0.2, 0.25) is 0 Å². The second kappa shape index (κ2) is 9.98. The highest BCUT2D eigenvalue weighted by atomic mass is 16.5. The summed E-state index contributed by atoms with van der Waals surface area (Å²) in [5, 5.41) is 16.1. The third-order valence-corrected chi connectivity index (χ3v) is 5.28. The molecule has 7 heteroatoms. The van der Waals surface area contributed by atoms with E-state index in [1.807, 2.05) is 78.9 Å². The standard InChI is InChI=1S/C25H26N4O3/c1-32-19-13-11-17(12-14-19)15-22(24-27-20-9-5-6-10-21(20)28-24)29-25(31)26-16-23(30)18-7-3-2-4-8-18/h2-14,22-23,30H,15-16H2,1H3,(H,27,28)(H2,26,29,31)/t22-,23+/m1/s1. The zero-order chi connectivity index (χ0) is 22.3. The van der Waals surface area contributed by atoms with Crippen molar-refractivity contribution in [3.8, 4) is 5.75 Å². The fourth-order valence-corrected chi connectivity index (χ4v) is 3.54.